The molecule has 0 bridgehead atoms. The van der Waals surface area contributed by atoms with Gasteiger partial charge in [0.15, 0.2) is 0 Å². The van der Waals surface area contributed by atoms with E-state index in [0.29, 0.717) is 31.4 Å². The maximum absolute atomic E-state index is 13.1. The maximum atomic E-state index is 13.1. The van der Waals surface area contributed by atoms with E-state index < -0.39 is 37.5 Å². The minimum Gasteiger partial charge on any atom is -0.459 e. The fourth-order valence-electron chi connectivity index (χ4n) is 4.45. The largest absolute Gasteiger partial charge is 0.459 e. The standard InChI is InChI=1S/C27H35N2O6P/c1-20(2)16-23(28-26(31)22-12-7-4-8-13-22)18-36(33,34)19-25(30)29-15-9-14-24(29)27(32)35-17-21-10-5-3-6-11-21/h3-8,10-13,20,23-24H,9,14-19H2,1-2H3,(H,28,31)(H,33,34)/t23?,24-/m0/s1. The first-order valence-corrected chi connectivity index (χ1v) is 14.3. The average molecular weight is 515 g/mol. The summed E-state index contributed by atoms with van der Waals surface area (Å²) in [7, 11) is -3.94. The van der Waals surface area contributed by atoms with Crippen molar-refractivity contribution in [3.63, 3.8) is 0 Å². The molecule has 0 spiro atoms. The van der Waals surface area contributed by atoms with Gasteiger partial charge in [-0.2, -0.15) is 0 Å². The van der Waals surface area contributed by atoms with E-state index in [0.717, 1.165) is 5.56 Å². The number of likely N-dealkylation sites (tertiary alicyclic amines) is 1. The third kappa shape index (κ3) is 8.32. The summed E-state index contributed by atoms with van der Waals surface area (Å²) < 4.78 is 18.5. The average Bonchev–Trinajstić information content (AvgIpc) is 3.33. The van der Waals surface area contributed by atoms with Crippen LogP contribution >= 0.6 is 7.37 Å². The summed E-state index contributed by atoms with van der Waals surface area (Å²) in [6.45, 7) is 4.37. The van der Waals surface area contributed by atoms with E-state index in [4.69, 9.17) is 4.74 Å². The summed E-state index contributed by atoms with van der Waals surface area (Å²) in [5.41, 5.74) is 1.30. The van der Waals surface area contributed by atoms with Gasteiger partial charge in [0.1, 0.15) is 18.8 Å². The molecule has 1 heterocycles. The maximum Gasteiger partial charge on any atom is 0.329 e. The Balaban J connectivity index is 1.59. The second-order valence-corrected chi connectivity index (χ2v) is 12.1. The summed E-state index contributed by atoms with van der Waals surface area (Å²) >= 11 is 0. The predicted octanol–water partition coefficient (Wildman–Crippen LogP) is 3.84. The molecule has 2 N–H and O–H groups in total. The van der Waals surface area contributed by atoms with Crippen molar-refractivity contribution in [2.75, 3.05) is 18.9 Å². The van der Waals surface area contributed by atoms with Crippen LogP contribution < -0.4 is 5.32 Å². The van der Waals surface area contributed by atoms with E-state index in [2.05, 4.69) is 5.32 Å². The lowest BCUT2D eigenvalue weighted by atomic mass is 10.0. The number of amides is 2. The van der Waals surface area contributed by atoms with E-state index in [1.54, 1.807) is 30.3 Å². The quantitative estimate of drug-likeness (QED) is 0.348. The number of carbonyl (C=O) groups is 3. The molecule has 1 aliphatic heterocycles. The molecule has 1 fully saturated rings. The number of esters is 1. The van der Waals surface area contributed by atoms with Gasteiger partial charge >= 0.3 is 5.97 Å². The molecular weight excluding hydrogens is 479 g/mol. The number of nitrogens with zero attached hydrogens (tertiary/aromatic N) is 1. The normalized spacial score (nSPS) is 17.9. The van der Waals surface area contributed by atoms with Crippen molar-refractivity contribution >= 4 is 25.2 Å². The zero-order valence-corrected chi connectivity index (χ0v) is 21.7. The van der Waals surface area contributed by atoms with E-state index in [1.807, 2.05) is 44.2 Å². The highest BCUT2D eigenvalue weighted by Crippen LogP contribution is 2.42. The molecule has 0 aromatic heterocycles. The number of rotatable bonds is 11. The molecule has 1 saturated heterocycles. The lowest BCUT2D eigenvalue weighted by Crippen LogP contribution is -2.43. The molecule has 3 atom stereocenters. The van der Waals surface area contributed by atoms with Crippen LogP contribution in [0.15, 0.2) is 60.7 Å². The van der Waals surface area contributed by atoms with Crippen molar-refractivity contribution in [1.29, 1.82) is 0 Å². The third-order valence-electron chi connectivity index (χ3n) is 6.08. The summed E-state index contributed by atoms with van der Waals surface area (Å²) in [6.07, 6.45) is 0.779. The second-order valence-electron chi connectivity index (χ2n) is 9.69. The Morgan fingerprint density at radius 3 is 2.36 bits per heavy atom. The highest BCUT2D eigenvalue weighted by molar-refractivity contribution is 7.59. The molecule has 1 aliphatic rings. The van der Waals surface area contributed by atoms with Gasteiger partial charge in [0.05, 0.1) is 0 Å². The lowest BCUT2D eigenvalue weighted by Gasteiger charge is -2.26. The molecule has 0 saturated carbocycles. The van der Waals surface area contributed by atoms with Crippen LogP contribution in [0, 0.1) is 5.92 Å². The van der Waals surface area contributed by atoms with Crippen LogP contribution in [0.25, 0.3) is 0 Å². The predicted molar refractivity (Wildman–Crippen MR) is 138 cm³/mol. The van der Waals surface area contributed by atoms with Crippen molar-refractivity contribution in [1.82, 2.24) is 10.2 Å². The number of hydrogen-bond acceptors (Lipinski definition) is 5. The Hall–Kier alpha value is -2.96. The number of ether oxygens (including phenoxy) is 1. The molecule has 2 unspecified atom stereocenters. The minimum absolute atomic E-state index is 0.106. The van der Waals surface area contributed by atoms with Crippen molar-refractivity contribution in [3.8, 4) is 0 Å². The van der Waals surface area contributed by atoms with Crippen LogP contribution in [0.3, 0.4) is 0 Å². The Morgan fingerprint density at radius 2 is 1.72 bits per heavy atom. The van der Waals surface area contributed by atoms with Crippen LogP contribution in [0.4, 0.5) is 0 Å². The van der Waals surface area contributed by atoms with E-state index in [9.17, 15) is 23.8 Å². The molecule has 2 amide bonds. The molecule has 3 rings (SSSR count). The summed E-state index contributed by atoms with van der Waals surface area (Å²) in [4.78, 5) is 50.4. The van der Waals surface area contributed by atoms with Crippen molar-refractivity contribution < 1.29 is 28.6 Å². The topological polar surface area (TPSA) is 113 Å². The smallest absolute Gasteiger partial charge is 0.329 e. The minimum atomic E-state index is -3.94. The number of carbonyl (C=O) groups excluding carboxylic acids is 3. The number of hydrogen-bond donors (Lipinski definition) is 2. The van der Waals surface area contributed by atoms with Gasteiger partial charge in [0.2, 0.25) is 13.3 Å². The molecular formula is C27H35N2O6P. The van der Waals surface area contributed by atoms with E-state index in [1.165, 1.54) is 4.90 Å². The second kappa shape index (κ2) is 12.8. The van der Waals surface area contributed by atoms with Gasteiger partial charge < -0.3 is 19.8 Å². The van der Waals surface area contributed by atoms with Crippen molar-refractivity contribution in [2.45, 2.75) is 51.8 Å². The van der Waals surface area contributed by atoms with Gasteiger partial charge in [0.25, 0.3) is 5.91 Å². The van der Waals surface area contributed by atoms with Crippen molar-refractivity contribution in [2.24, 2.45) is 5.92 Å². The van der Waals surface area contributed by atoms with Gasteiger partial charge in [-0.3, -0.25) is 14.2 Å². The van der Waals surface area contributed by atoms with Crippen LogP contribution in [0.2, 0.25) is 0 Å². The summed E-state index contributed by atoms with van der Waals surface area (Å²) in [5.74, 6) is -1.21. The molecule has 0 aliphatic carbocycles. The van der Waals surface area contributed by atoms with E-state index in [-0.39, 0.29) is 24.6 Å². The molecule has 0 radical (unpaired) electrons. The van der Waals surface area contributed by atoms with Crippen LogP contribution in [-0.2, 0) is 25.5 Å². The van der Waals surface area contributed by atoms with Crippen LogP contribution in [-0.4, -0.2) is 58.5 Å². The SMILES string of the molecule is CC(C)CC(CP(=O)(O)CC(=O)N1CCC[C@H]1C(=O)OCc1ccccc1)NC(=O)c1ccccc1. The van der Waals surface area contributed by atoms with Crippen LogP contribution in [0.5, 0.6) is 0 Å². The fourth-order valence-corrected chi connectivity index (χ4v) is 6.12. The molecule has 194 valence electrons. The highest BCUT2D eigenvalue weighted by atomic mass is 31.2. The zero-order valence-electron chi connectivity index (χ0n) is 20.8. The molecule has 9 heteroatoms. The molecule has 36 heavy (non-hydrogen) atoms. The van der Waals surface area contributed by atoms with E-state index >= 15 is 0 Å². The monoisotopic (exact) mass is 514 g/mol. The summed E-state index contributed by atoms with van der Waals surface area (Å²) in [5, 5.41) is 2.85. The van der Waals surface area contributed by atoms with Gasteiger partial charge in [-0.05, 0) is 42.9 Å². The van der Waals surface area contributed by atoms with Gasteiger partial charge in [-0.25, -0.2) is 4.79 Å². The summed E-state index contributed by atoms with van der Waals surface area (Å²) in [6, 6.07) is 16.6. The van der Waals surface area contributed by atoms with Crippen LogP contribution in [0.1, 0.15) is 49.0 Å². The molecule has 8 nitrogen and oxygen atoms in total. The molecule has 2 aromatic rings. The lowest BCUT2D eigenvalue weighted by molar-refractivity contribution is -0.154. The highest BCUT2D eigenvalue weighted by Gasteiger charge is 2.38. The van der Waals surface area contributed by atoms with Gasteiger partial charge in [-0.1, -0.05) is 62.4 Å². The fraction of sp³-hybridized carbons (Fsp3) is 0.444. The Bertz CT molecular complexity index is 1080. The third-order valence-corrected chi connectivity index (χ3v) is 7.86. The Labute approximate surface area is 212 Å². The number of benzene rings is 2. The van der Waals surface area contributed by atoms with Crippen molar-refractivity contribution in [3.05, 3.63) is 71.8 Å². The first-order chi connectivity index (χ1) is 17.1. The van der Waals surface area contributed by atoms with Gasteiger partial charge in [-0.15, -0.1) is 0 Å². The number of nitrogens with one attached hydrogen (secondary N) is 1. The first kappa shape index (κ1) is 27.6. The zero-order chi connectivity index (χ0) is 26.1. The van der Waals surface area contributed by atoms with Gasteiger partial charge in [0, 0.05) is 24.3 Å². The first-order valence-electron chi connectivity index (χ1n) is 12.3. The Kier molecular flexibility index (Phi) is 9.85. The Morgan fingerprint density at radius 1 is 1.08 bits per heavy atom. The molecule has 2 aromatic carbocycles.